The van der Waals surface area contributed by atoms with E-state index in [1.807, 2.05) is 6.07 Å². The van der Waals surface area contributed by atoms with Crippen LogP contribution in [0.2, 0.25) is 0 Å². The van der Waals surface area contributed by atoms with Crippen LogP contribution in [0.3, 0.4) is 0 Å². The van der Waals surface area contributed by atoms with Crippen molar-refractivity contribution in [3.8, 4) is 17.6 Å². The zero-order valence-corrected chi connectivity index (χ0v) is 13.5. The molecule has 2 aromatic rings. The van der Waals surface area contributed by atoms with Gasteiger partial charge < -0.3 is 9.47 Å². The summed E-state index contributed by atoms with van der Waals surface area (Å²) in [4.78, 5) is 11.9. The van der Waals surface area contributed by atoms with Gasteiger partial charge in [0.1, 0.15) is 11.8 Å². The van der Waals surface area contributed by atoms with E-state index in [1.54, 1.807) is 30.3 Å². The molecule has 0 aliphatic carbocycles. The van der Waals surface area contributed by atoms with Crippen molar-refractivity contribution in [1.82, 2.24) is 5.43 Å². The van der Waals surface area contributed by atoms with E-state index in [0.29, 0.717) is 5.75 Å². The largest absolute Gasteiger partial charge is 0.479 e. The van der Waals surface area contributed by atoms with Crippen molar-refractivity contribution >= 4 is 12.1 Å². The van der Waals surface area contributed by atoms with Crippen LogP contribution >= 0.6 is 0 Å². The lowest BCUT2D eigenvalue weighted by molar-refractivity contribution is -0.127. The number of ether oxygens (including phenoxy) is 2. The fourth-order valence-corrected chi connectivity index (χ4v) is 1.81. The quantitative estimate of drug-likeness (QED) is 0.620. The van der Waals surface area contributed by atoms with E-state index in [-0.39, 0.29) is 12.4 Å². The first-order valence-electron chi connectivity index (χ1n) is 7.44. The first-order valence-corrected chi connectivity index (χ1v) is 7.44. The Hall–Kier alpha value is -3.40. The van der Waals surface area contributed by atoms with Crippen LogP contribution in [0.5, 0.6) is 11.5 Å². The number of carbonyl (C=O) groups is 1. The monoisotopic (exact) mass is 341 g/mol. The molecule has 0 heterocycles. The number of hydrazone groups is 1. The Kier molecular flexibility index (Phi) is 6.48. The van der Waals surface area contributed by atoms with Crippen LogP contribution in [0, 0.1) is 17.1 Å². The van der Waals surface area contributed by atoms with E-state index >= 15 is 0 Å². The Labute approximate surface area is 144 Å². The fraction of sp³-hybridized carbons (Fsp3) is 0.167. The lowest BCUT2D eigenvalue weighted by Crippen LogP contribution is -2.33. The molecule has 0 fully saturated rings. The Balaban J connectivity index is 1.85. The number of hydrogen-bond donors (Lipinski definition) is 1. The second-order valence-electron chi connectivity index (χ2n) is 4.94. The second-order valence-corrected chi connectivity index (χ2v) is 4.94. The average Bonchev–Trinajstić information content (AvgIpc) is 2.62. The standard InChI is InChI=1S/C18H16FN3O3/c1-13(25-17-5-3-2-4-16(17)19)18(23)22-21-12-14-6-8-15(9-7-14)24-11-10-20/h2-9,12-13H,11H2,1H3,(H,22,23)/b21-12-/t13-/m0/s1. The molecule has 0 aliphatic rings. The molecule has 7 heteroatoms. The summed E-state index contributed by atoms with van der Waals surface area (Å²) in [6.45, 7) is 1.47. The van der Waals surface area contributed by atoms with Gasteiger partial charge in [-0.05, 0) is 48.9 Å². The summed E-state index contributed by atoms with van der Waals surface area (Å²) in [7, 11) is 0. The highest BCUT2D eigenvalue weighted by Crippen LogP contribution is 2.17. The molecule has 6 nitrogen and oxygen atoms in total. The normalized spacial score (nSPS) is 11.6. The van der Waals surface area contributed by atoms with Crippen molar-refractivity contribution in [3.63, 3.8) is 0 Å². The van der Waals surface area contributed by atoms with Crippen LogP contribution in [0.1, 0.15) is 12.5 Å². The zero-order valence-electron chi connectivity index (χ0n) is 13.5. The summed E-state index contributed by atoms with van der Waals surface area (Å²) in [6, 6.07) is 14.5. The van der Waals surface area contributed by atoms with E-state index in [9.17, 15) is 9.18 Å². The van der Waals surface area contributed by atoms with E-state index < -0.39 is 17.8 Å². The molecule has 0 saturated carbocycles. The minimum Gasteiger partial charge on any atom is -0.479 e. The summed E-state index contributed by atoms with van der Waals surface area (Å²) in [5, 5.41) is 12.3. The summed E-state index contributed by atoms with van der Waals surface area (Å²) < 4.78 is 23.9. The molecule has 0 radical (unpaired) electrons. The highest BCUT2D eigenvalue weighted by Gasteiger charge is 2.15. The number of nitrogens with zero attached hydrogens (tertiary/aromatic N) is 2. The molecule has 2 aromatic carbocycles. The average molecular weight is 341 g/mol. The van der Waals surface area contributed by atoms with Gasteiger partial charge in [0, 0.05) is 0 Å². The van der Waals surface area contributed by atoms with Crippen LogP contribution < -0.4 is 14.9 Å². The molecule has 1 atom stereocenters. The van der Waals surface area contributed by atoms with E-state index in [1.165, 1.54) is 31.3 Å². The van der Waals surface area contributed by atoms with Gasteiger partial charge in [-0.3, -0.25) is 4.79 Å². The third-order valence-electron chi connectivity index (χ3n) is 3.08. The van der Waals surface area contributed by atoms with Gasteiger partial charge in [-0.15, -0.1) is 0 Å². The van der Waals surface area contributed by atoms with Gasteiger partial charge in [-0.25, -0.2) is 9.82 Å². The minimum atomic E-state index is -0.907. The molecule has 25 heavy (non-hydrogen) atoms. The van der Waals surface area contributed by atoms with Crippen molar-refractivity contribution in [2.45, 2.75) is 13.0 Å². The first kappa shape index (κ1) is 17.9. The molecule has 0 aromatic heterocycles. The van der Waals surface area contributed by atoms with Gasteiger partial charge in [0.05, 0.1) is 6.21 Å². The number of nitriles is 1. The van der Waals surface area contributed by atoms with Crippen molar-refractivity contribution < 1.29 is 18.7 Å². The number of carbonyl (C=O) groups excluding carboxylic acids is 1. The third-order valence-corrected chi connectivity index (χ3v) is 3.08. The highest BCUT2D eigenvalue weighted by atomic mass is 19.1. The molecule has 2 rings (SSSR count). The lowest BCUT2D eigenvalue weighted by Gasteiger charge is -2.13. The van der Waals surface area contributed by atoms with Crippen molar-refractivity contribution in [1.29, 1.82) is 5.26 Å². The second kappa shape index (κ2) is 9.03. The number of para-hydroxylation sites is 1. The van der Waals surface area contributed by atoms with Crippen LogP contribution in [0.15, 0.2) is 53.6 Å². The summed E-state index contributed by atoms with van der Waals surface area (Å²) in [5.74, 6) is -0.477. The molecule has 128 valence electrons. The fourth-order valence-electron chi connectivity index (χ4n) is 1.81. The number of nitrogens with one attached hydrogen (secondary N) is 1. The van der Waals surface area contributed by atoms with Crippen LogP contribution in [-0.2, 0) is 4.79 Å². The lowest BCUT2D eigenvalue weighted by atomic mass is 10.2. The van der Waals surface area contributed by atoms with Gasteiger partial charge in [-0.1, -0.05) is 12.1 Å². The van der Waals surface area contributed by atoms with Gasteiger partial charge >= 0.3 is 0 Å². The van der Waals surface area contributed by atoms with Crippen LogP contribution in [0.4, 0.5) is 4.39 Å². The maximum Gasteiger partial charge on any atom is 0.280 e. The Morgan fingerprint density at radius 2 is 2.04 bits per heavy atom. The van der Waals surface area contributed by atoms with Gasteiger partial charge in [0.25, 0.3) is 5.91 Å². The van der Waals surface area contributed by atoms with Crippen molar-refractivity contribution in [2.24, 2.45) is 5.10 Å². The van der Waals surface area contributed by atoms with Gasteiger partial charge in [-0.2, -0.15) is 10.4 Å². The van der Waals surface area contributed by atoms with E-state index in [4.69, 9.17) is 14.7 Å². The first-order chi connectivity index (χ1) is 12.1. The van der Waals surface area contributed by atoms with Crippen molar-refractivity contribution in [2.75, 3.05) is 6.61 Å². The number of amides is 1. The third kappa shape index (κ3) is 5.62. The molecular formula is C18H16FN3O3. The van der Waals surface area contributed by atoms with Crippen molar-refractivity contribution in [3.05, 3.63) is 59.9 Å². The van der Waals surface area contributed by atoms with E-state index in [0.717, 1.165) is 5.56 Å². The molecule has 0 unspecified atom stereocenters. The molecule has 1 amide bonds. The predicted octanol–water partition coefficient (Wildman–Crippen LogP) is 2.65. The molecule has 1 N–H and O–H groups in total. The minimum absolute atomic E-state index is 0.00193. The smallest absolute Gasteiger partial charge is 0.280 e. The summed E-state index contributed by atoms with van der Waals surface area (Å²) in [6.07, 6.45) is 0.540. The SMILES string of the molecule is C[C@H](Oc1ccccc1F)C(=O)N/N=C\c1ccc(OCC#N)cc1. The number of benzene rings is 2. The predicted molar refractivity (Wildman–Crippen MR) is 89.8 cm³/mol. The Morgan fingerprint density at radius 3 is 2.72 bits per heavy atom. The number of rotatable bonds is 7. The molecule has 0 saturated heterocycles. The van der Waals surface area contributed by atoms with Gasteiger partial charge in [0.15, 0.2) is 24.3 Å². The van der Waals surface area contributed by atoms with E-state index in [2.05, 4.69) is 10.5 Å². The maximum atomic E-state index is 13.5. The zero-order chi connectivity index (χ0) is 18.1. The molecule has 0 spiro atoms. The van der Waals surface area contributed by atoms with Crippen LogP contribution in [0.25, 0.3) is 0 Å². The van der Waals surface area contributed by atoms with Crippen LogP contribution in [-0.4, -0.2) is 24.8 Å². The molecular weight excluding hydrogens is 325 g/mol. The number of hydrogen-bond acceptors (Lipinski definition) is 5. The highest BCUT2D eigenvalue weighted by molar-refractivity contribution is 5.84. The number of halogens is 1. The Morgan fingerprint density at radius 1 is 1.32 bits per heavy atom. The summed E-state index contributed by atoms with van der Waals surface area (Å²) >= 11 is 0. The molecule has 0 aliphatic heterocycles. The topological polar surface area (TPSA) is 83.7 Å². The molecule has 0 bridgehead atoms. The summed E-state index contributed by atoms with van der Waals surface area (Å²) in [5.41, 5.74) is 3.06. The maximum absolute atomic E-state index is 13.5. The van der Waals surface area contributed by atoms with Gasteiger partial charge in [0.2, 0.25) is 0 Å². The Bertz CT molecular complexity index is 785.